The van der Waals surface area contributed by atoms with E-state index in [1.165, 1.54) is 12.1 Å². The number of rotatable bonds is 2. The molecular weight excluding hydrogens is 224 g/mol. The van der Waals surface area contributed by atoms with Gasteiger partial charge in [-0.1, -0.05) is 6.07 Å². The lowest BCUT2D eigenvalue weighted by Crippen LogP contribution is -2.03. The van der Waals surface area contributed by atoms with Crippen molar-refractivity contribution in [3.05, 3.63) is 53.0 Å². The van der Waals surface area contributed by atoms with Crippen LogP contribution in [0.4, 0.5) is 14.6 Å². The number of nitrogens with two attached hydrogens (primary N) is 1. The highest BCUT2D eigenvalue weighted by Gasteiger charge is 2.07. The van der Waals surface area contributed by atoms with Crippen LogP contribution < -0.4 is 5.73 Å². The predicted molar refractivity (Wildman–Crippen MR) is 60.3 cm³/mol. The fourth-order valence-corrected chi connectivity index (χ4v) is 1.41. The van der Waals surface area contributed by atoms with Crippen LogP contribution in [0.25, 0.3) is 0 Å². The SMILES string of the molecule is Cc1cnc(Cc2ccc(F)cc2F)nc1N. The molecule has 0 saturated heterocycles. The summed E-state index contributed by atoms with van der Waals surface area (Å²) in [5.41, 5.74) is 6.75. The van der Waals surface area contributed by atoms with Crippen LogP contribution in [0.2, 0.25) is 0 Å². The first-order valence-corrected chi connectivity index (χ1v) is 5.08. The van der Waals surface area contributed by atoms with Gasteiger partial charge in [-0.25, -0.2) is 18.7 Å². The molecular formula is C12H11F2N3. The second kappa shape index (κ2) is 4.45. The molecule has 1 aromatic carbocycles. The molecule has 0 bridgehead atoms. The van der Waals surface area contributed by atoms with E-state index in [9.17, 15) is 8.78 Å². The van der Waals surface area contributed by atoms with Crippen LogP contribution in [-0.2, 0) is 6.42 Å². The third-order valence-corrected chi connectivity index (χ3v) is 2.42. The second-order valence-electron chi connectivity index (χ2n) is 3.77. The molecule has 5 heteroatoms. The van der Waals surface area contributed by atoms with Crippen molar-refractivity contribution in [2.45, 2.75) is 13.3 Å². The largest absolute Gasteiger partial charge is 0.383 e. The first-order valence-electron chi connectivity index (χ1n) is 5.08. The van der Waals surface area contributed by atoms with E-state index in [2.05, 4.69) is 9.97 Å². The fourth-order valence-electron chi connectivity index (χ4n) is 1.41. The summed E-state index contributed by atoms with van der Waals surface area (Å²) >= 11 is 0. The molecule has 0 spiro atoms. The van der Waals surface area contributed by atoms with E-state index in [0.717, 1.165) is 11.6 Å². The number of benzene rings is 1. The number of hydrogen-bond acceptors (Lipinski definition) is 3. The first-order chi connectivity index (χ1) is 8.06. The van der Waals surface area contributed by atoms with Crippen LogP contribution in [-0.4, -0.2) is 9.97 Å². The molecule has 88 valence electrons. The molecule has 1 heterocycles. The summed E-state index contributed by atoms with van der Waals surface area (Å²) < 4.78 is 26.1. The van der Waals surface area contributed by atoms with Gasteiger partial charge in [-0.3, -0.25) is 0 Å². The normalized spacial score (nSPS) is 10.5. The fraction of sp³-hybridized carbons (Fsp3) is 0.167. The second-order valence-corrected chi connectivity index (χ2v) is 3.77. The van der Waals surface area contributed by atoms with Gasteiger partial charge < -0.3 is 5.73 Å². The number of anilines is 1. The van der Waals surface area contributed by atoms with Gasteiger partial charge in [-0.05, 0) is 18.6 Å². The van der Waals surface area contributed by atoms with Crippen LogP contribution in [0.3, 0.4) is 0 Å². The van der Waals surface area contributed by atoms with Crippen molar-refractivity contribution in [3.63, 3.8) is 0 Å². The van der Waals surface area contributed by atoms with Crippen molar-refractivity contribution in [2.75, 3.05) is 5.73 Å². The Morgan fingerprint density at radius 2 is 2.06 bits per heavy atom. The molecule has 0 saturated carbocycles. The van der Waals surface area contributed by atoms with Gasteiger partial charge in [0.15, 0.2) is 0 Å². The maximum atomic E-state index is 13.4. The van der Waals surface area contributed by atoms with Crippen molar-refractivity contribution < 1.29 is 8.78 Å². The zero-order valence-corrected chi connectivity index (χ0v) is 9.24. The Balaban J connectivity index is 2.28. The number of aromatic nitrogens is 2. The number of halogens is 2. The number of nitrogen functional groups attached to an aromatic ring is 1. The summed E-state index contributed by atoms with van der Waals surface area (Å²) in [6, 6.07) is 3.42. The molecule has 17 heavy (non-hydrogen) atoms. The first kappa shape index (κ1) is 11.4. The summed E-state index contributed by atoms with van der Waals surface area (Å²) in [6.45, 7) is 1.79. The van der Waals surface area contributed by atoms with Gasteiger partial charge in [0, 0.05) is 24.2 Å². The zero-order valence-electron chi connectivity index (χ0n) is 9.24. The van der Waals surface area contributed by atoms with Gasteiger partial charge in [0.25, 0.3) is 0 Å². The van der Waals surface area contributed by atoms with Gasteiger partial charge in [-0.2, -0.15) is 0 Å². The molecule has 0 atom stereocenters. The van der Waals surface area contributed by atoms with E-state index in [4.69, 9.17) is 5.73 Å². The van der Waals surface area contributed by atoms with Crippen molar-refractivity contribution >= 4 is 5.82 Å². The average Bonchev–Trinajstić information content (AvgIpc) is 2.27. The highest BCUT2D eigenvalue weighted by Crippen LogP contribution is 2.14. The summed E-state index contributed by atoms with van der Waals surface area (Å²) in [5, 5.41) is 0. The molecule has 3 nitrogen and oxygen atoms in total. The van der Waals surface area contributed by atoms with E-state index in [1.54, 1.807) is 13.1 Å². The summed E-state index contributed by atoms with van der Waals surface area (Å²) in [7, 11) is 0. The number of aryl methyl sites for hydroxylation is 1. The van der Waals surface area contributed by atoms with Crippen molar-refractivity contribution in [3.8, 4) is 0 Å². The summed E-state index contributed by atoms with van der Waals surface area (Å²) in [5.74, 6) is -0.417. The lowest BCUT2D eigenvalue weighted by Gasteiger charge is -2.04. The smallest absolute Gasteiger partial charge is 0.135 e. The highest BCUT2D eigenvalue weighted by molar-refractivity contribution is 5.36. The number of hydrogen-bond donors (Lipinski definition) is 1. The lowest BCUT2D eigenvalue weighted by molar-refractivity contribution is 0.573. The molecule has 0 unspecified atom stereocenters. The predicted octanol–water partition coefficient (Wildman–Crippen LogP) is 2.24. The quantitative estimate of drug-likeness (QED) is 0.868. The minimum Gasteiger partial charge on any atom is -0.383 e. The minimum absolute atomic E-state index is 0.191. The van der Waals surface area contributed by atoms with Crippen LogP contribution in [0, 0.1) is 18.6 Å². The molecule has 2 N–H and O–H groups in total. The van der Waals surface area contributed by atoms with E-state index in [0.29, 0.717) is 17.2 Å². The third-order valence-electron chi connectivity index (χ3n) is 2.42. The molecule has 0 aliphatic carbocycles. The van der Waals surface area contributed by atoms with Crippen molar-refractivity contribution in [1.29, 1.82) is 0 Å². The Morgan fingerprint density at radius 1 is 1.29 bits per heavy atom. The van der Waals surface area contributed by atoms with Crippen molar-refractivity contribution in [1.82, 2.24) is 9.97 Å². The number of nitrogens with zero attached hydrogens (tertiary/aromatic N) is 2. The Hall–Kier alpha value is -2.04. The zero-order chi connectivity index (χ0) is 12.4. The maximum Gasteiger partial charge on any atom is 0.135 e. The van der Waals surface area contributed by atoms with E-state index >= 15 is 0 Å². The molecule has 2 rings (SSSR count). The van der Waals surface area contributed by atoms with Crippen LogP contribution >= 0.6 is 0 Å². The Morgan fingerprint density at radius 3 is 2.71 bits per heavy atom. The molecule has 2 aromatic rings. The van der Waals surface area contributed by atoms with Gasteiger partial charge in [-0.15, -0.1) is 0 Å². The van der Waals surface area contributed by atoms with Gasteiger partial charge in [0.05, 0.1) is 0 Å². The summed E-state index contributed by atoms with van der Waals surface area (Å²) in [6.07, 6.45) is 1.77. The van der Waals surface area contributed by atoms with Gasteiger partial charge >= 0.3 is 0 Å². The standard InChI is InChI=1S/C12H11F2N3/c1-7-6-16-11(17-12(7)15)4-8-2-3-9(13)5-10(8)14/h2-3,5-6H,4H2,1H3,(H2,15,16,17). The molecule has 0 amide bonds. The Bertz CT molecular complexity index is 555. The molecule has 0 fully saturated rings. The van der Waals surface area contributed by atoms with Crippen LogP contribution in [0.5, 0.6) is 0 Å². The lowest BCUT2D eigenvalue weighted by atomic mass is 10.1. The minimum atomic E-state index is -0.604. The Kier molecular flexibility index (Phi) is 2.99. The maximum absolute atomic E-state index is 13.4. The summed E-state index contributed by atoms with van der Waals surface area (Å²) in [4.78, 5) is 8.08. The average molecular weight is 235 g/mol. The molecule has 1 aromatic heterocycles. The van der Waals surface area contributed by atoms with E-state index in [1.807, 2.05) is 0 Å². The monoisotopic (exact) mass is 235 g/mol. The van der Waals surface area contributed by atoms with Gasteiger partial charge in [0.1, 0.15) is 23.3 Å². The Labute approximate surface area is 97.3 Å². The van der Waals surface area contributed by atoms with E-state index < -0.39 is 11.6 Å². The topological polar surface area (TPSA) is 51.8 Å². The molecule has 0 radical (unpaired) electrons. The highest BCUT2D eigenvalue weighted by atomic mass is 19.1. The molecule has 0 aliphatic rings. The third kappa shape index (κ3) is 2.55. The van der Waals surface area contributed by atoms with E-state index in [-0.39, 0.29) is 6.42 Å². The van der Waals surface area contributed by atoms with Crippen LogP contribution in [0.1, 0.15) is 17.0 Å². The van der Waals surface area contributed by atoms with Gasteiger partial charge in [0.2, 0.25) is 0 Å². The van der Waals surface area contributed by atoms with Crippen molar-refractivity contribution in [2.24, 2.45) is 0 Å². The molecule has 0 aliphatic heterocycles. The van der Waals surface area contributed by atoms with Crippen LogP contribution in [0.15, 0.2) is 24.4 Å².